The monoisotopic (exact) mass is 289 g/mol. The summed E-state index contributed by atoms with van der Waals surface area (Å²) in [6.07, 6.45) is -3.88. The Morgan fingerprint density at radius 3 is 2.35 bits per heavy atom. The van der Waals surface area contributed by atoms with E-state index in [2.05, 4.69) is 5.32 Å². The van der Waals surface area contributed by atoms with Crippen LogP contribution in [0.1, 0.15) is 43.1 Å². The maximum absolute atomic E-state index is 12.8. The van der Waals surface area contributed by atoms with Crippen molar-refractivity contribution in [3.05, 3.63) is 29.3 Å². The van der Waals surface area contributed by atoms with Gasteiger partial charge in [-0.2, -0.15) is 13.2 Å². The molecule has 0 bridgehead atoms. The maximum Gasteiger partial charge on any atom is 0.417 e. The summed E-state index contributed by atoms with van der Waals surface area (Å²) in [7, 11) is 0. The molecule has 3 nitrogen and oxygen atoms in total. The normalized spacial score (nSPS) is 13.3. The van der Waals surface area contributed by atoms with Crippen LogP contribution in [-0.2, 0) is 6.18 Å². The zero-order valence-electron chi connectivity index (χ0n) is 11.6. The Balaban J connectivity index is 3.04. The second-order valence-corrected chi connectivity index (χ2v) is 5.24. The molecule has 1 rings (SSSR count). The van der Waals surface area contributed by atoms with Crippen LogP contribution in [-0.4, -0.2) is 17.1 Å². The fourth-order valence-electron chi connectivity index (χ4n) is 2.11. The van der Waals surface area contributed by atoms with Gasteiger partial charge in [-0.15, -0.1) is 0 Å². The molecular weight excluding hydrogens is 271 g/mol. The third-order valence-electron chi connectivity index (χ3n) is 2.79. The molecule has 112 valence electrons. The summed E-state index contributed by atoms with van der Waals surface area (Å²) in [5, 5.41) is 11.8. The summed E-state index contributed by atoms with van der Waals surface area (Å²) < 4.78 is 38.5. The quantitative estimate of drug-likeness (QED) is 0.852. The van der Waals surface area contributed by atoms with Gasteiger partial charge in [0.25, 0.3) is 0 Å². The number of anilines is 1. The lowest BCUT2D eigenvalue weighted by Gasteiger charge is -2.19. The molecule has 1 unspecified atom stereocenters. The standard InChI is InChI=1S/C14H18F3NO2/c1-8(2)6-9(3)18-10-4-5-11(13(19)20)12(7-10)14(15,16)17/h4-5,7-9,18H,6H2,1-3H3,(H,19,20). The number of halogens is 3. The van der Waals surface area contributed by atoms with Gasteiger partial charge < -0.3 is 10.4 Å². The van der Waals surface area contributed by atoms with E-state index in [0.717, 1.165) is 18.6 Å². The molecule has 20 heavy (non-hydrogen) atoms. The first-order valence-corrected chi connectivity index (χ1v) is 6.32. The number of hydrogen-bond donors (Lipinski definition) is 2. The van der Waals surface area contributed by atoms with Crippen molar-refractivity contribution in [3.63, 3.8) is 0 Å². The number of aromatic carboxylic acids is 1. The Hall–Kier alpha value is -1.72. The van der Waals surface area contributed by atoms with Crippen LogP contribution in [0.2, 0.25) is 0 Å². The lowest BCUT2D eigenvalue weighted by atomic mass is 10.0. The van der Waals surface area contributed by atoms with Crippen LogP contribution in [0.4, 0.5) is 18.9 Å². The lowest BCUT2D eigenvalue weighted by molar-refractivity contribution is -0.138. The van der Waals surface area contributed by atoms with Crippen molar-refractivity contribution >= 4 is 11.7 Å². The molecular formula is C14H18F3NO2. The first-order valence-electron chi connectivity index (χ1n) is 6.32. The van der Waals surface area contributed by atoms with Gasteiger partial charge in [0.15, 0.2) is 0 Å². The molecule has 0 radical (unpaired) electrons. The van der Waals surface area contributed by atoms with Crippen molar-refractivity contribution < 1.29 is 23.1 Å². The van der Waals surface area contributed by atoms with Gasteiger partial charge in [-0.3, -0.25) is 0 Å². The van der Waals surface area contributed by atoms with E-state index in [-0.39, 0.29) is 11.7 Å². The van der Waals surface area contributed by atoms with Crippen LogP contribution in [0.3, 0.4) is 0 Å². The van der Waals surface area contributed by atoms with Gasteiger partial charge in [-0.1, -0.05) is 13.8 Å². The Labute approximate surface area is 115 Å². The lowest BCUT2D eigenvalue weighted by Crippen LogP contribution is -2.19. The van der Waals surface area contributed by atoms with E-state index < -0.39 is 23.3 Å². The third-order valence-corrected chi connectivity index (χ3v) is 2.79. The smallest absolute Gasteiger partial charge is 0.417 e. The summed E-state index contributed by atoms with van der Waals surface area (Å²) in [4.78, 5) is 10.8. The zero-order valence-corrected chi connectivity index (χ0v) is 11.6. The molecule has 1 aromatic rings. The summed E-state index contributed by atoms with van der Waals surface area (Å²) in [5.74, 6) is -1.17. The molecule has 0 aliphatic heterocycles. The van der Waals surface area contributed by atoms with Gasteiger partial charge in [0.05, 0.1) is 11.1 Å². The molecule has 2 N–H and O–H groups in total. The molecule has 6 heteroatoms. The van der Waals surface area contributed by atoms with Gasteiger partial charge >= 0.3 is 12.1 Å². The number of carbonyl (C=O) groups is 1. The van der Waals surface area contributed by atoms with Gasteiger partial charge in [-0.25, -0.2) is 4.79 Å². The minimum Gasteiger partial charge on any atom is -0.478 e. The predicted octanol–water partition coefficient (Wildman–Crippen LogP) is 4.25. The van der Waals surface area contributed by atoms with Gasteiger partial charge in [0.1, 0.15) is 0 Å². The number of rotatable bonds is 5. The molecule has 0 saturated heterocycles. The Bertz CT molecular complexity index is 484. The molecule has 0 fully saturated rings. The number of hydrogen-bond acceptors (Lipinski definition) is 2. The SMILES string of the molecule is CC(C)CC(C)Nc1ccc(C(=O)O)c(C(F)(F)F)c1. The predicted molar refractivity (Wildman–Crippen MR) is 70.9 cm³/mol. The molecule has 0 aliphatic rings. The average molecular weight is 289 g/mol. The minimum atomic E-state index is -4.69. The van der Waals surface area contributed by atoms with Crippen molar-refractivity contribution in [2.24, 2.45) is 5.92 Å². The van der Waals surface area contributed by atoms with E-state index in [1.807, 2.05) is 20.8 Å². The molecule has 0 spiro atoms. The van der Waals surface area contributed by atoms with E-state index in [1.165, 1.54) is 6.07 Å². The number of carboxylic acids is 1. The highest BCUT2D eigenvalue weighted by atomic mass is 19.4. The maximum atomic E-state index is 12.8. The van der Waals surface area contributed by atoms with Crippen molar-refractivity contribution in [1.29, 1.82) is 0 Å². The van der Waals surface area contributed by atoms with Crippen molar-refractivity contribution in [2.75, 3.05) is 5.32 Å². The first kappa shape index (κ1) is 16.3. The van der Waals surface area contributed by atoms with Crippen molar-refractivity contribution in [3.8, 4) is 0 Å². The van der Waals surface area contributed by atoms with Crippen LogP contribution in [0.5, 0.6) is 0 Å². The molecule has 0 saturated carbocycles. The van der Waals surface area contributed by atoms with Gasteiger partial charge in [-0.05, 0) is 37.5 Å². The van der Waals surface area contributed by atoms with E-state index >= 15 is 0 Å². The van der Waals surface area contributed by atoms with Crippen LogP contribution in [0, 0.1) is 5.92 Å². The summed E-state index contributed by atoms with van der Waals surface area (Å²) in [5.41, 5.74) is -1.60. The number of carboxylic acid groups (broad SMARTS) is 1. The highest BCUT2D eigenvalue weighted by Crippen LogP contribution is 2.34. The van der Waals surface area contributed by atoms with Gasteiger partial charge in [0, 0.05) is 11.7 Å². The van der Waals surface area contributed by atoms with Gasteiger partial charge in [0.2, 0.25) is 0 Å². The van der Waals surface area contributed by atoms with Crippen LogP contribution in [0.15, 0.2) is 18.2 Å². The number of benzene rings is 1. The number of nitrogens with one attached hydrogen (secondary N) is 1. The highest BCUT2D eigenvalue weighted by molar-refractivity contribution is 5.90. The molecule has 1 atom stereocenters. The summed E-state index contributed by atoms with van der Waals surface area (Å²) in [6, 6.07) is 3.19. The van der Waals surface area contributed by atoms with Crippen LogP contribution < -0.4 is 5.32 Å². The van der Waals surface area contributed by atoms with E-state index in [9.17, 15) is 18.0 Å². The highest BCUT2D eigenvalue weighted by Gasteiger charge is 2.35. The summed E-state index contributed by atoms with van der Waals surface area (Å²) in [6.45, 7) is 5.91. The number of alkyl halides is 3. The molecule has 0 aliphatic carbocycles. The topological polar surface area (TPSA) is 49.3 Å². The zero-order chi connectivity index (χ0) is 15.5. The second kappa shape index (κ2) is 6.15. The van der Waals surface area contributed by atoms with Crippen LogP contribution in [0.25, 0.3) is 0 Å². The Morgan fingerprint density at radius 1 is 1.30 bits per heavy atom. The van der Waals surface area contributed by atoms with Crippen molar-refractivity contribution in [2.45, 2.75) is 39.4 Å². The third kappa shape index (κ3) is 4.43. The molecule has 0 heterocycles. The van der Waals surface area contributed by atoms with Crippen molar-refractivity contribution in [1.82, 2.24) is 0 Å². The fourth-order valence-corrected chi connectivity index (χ4v) is 2.11. The average Bonchev–Trinajstić information content (AvgIpc) is 2.25. The van der Waals surface area contributed by atoms with E-state index in [1.54, 1.807) is 0 Å². The largest absolute Gasteiger partial charge is 0.478 e. The molecule has 1 aromatic carbocycles. The second-order valence-electron chi connectivity index (χ2n) is 5.24. The molecule has 0 amide bonds. The van der Waals surface area contributed by atoms with E-state index in [4.69, 9.17) is 5.11 Å². The first-order chi connectivity index (χ1) is 9.11. The Kier molecular flexibility index (Phi) is 5.03. The minimum absolute atomic E-state index is 0.00626. The summed E-state index contributed by atoms with van der Waals surface area (Å²) >= 11 is 0. The van der Waals surface area contributed by atoms with E-state index in [0.29, 0.717) is 5.92 Å². The van der Waals surface area contributed by atoms with Crippen LogP contribution >= 0.6 is 0 Å². The molecule has 0 aromatic heterocycles. The fraction of sp³-hybridized carbons (Fsp3) is 0.500. The Morgan fingerprint density at radius 2 is 1.90 bits per heavy atom.